The molecule has 44 heavy (non-hydrogen) atoms. The number of halogens is 1. The number of likely N-dealkylation sites (tertiary alicyclic amines) is 1. The van der Waals surface area contributed by atoms with Gasteiger partial charge in [-0.25, -0.2) is 0 Å². The summed E-state index contributed by atoms with van der Waals surface area (Å²) in [7, 11) is 0. The van der Waals surface area contributed by atoms with E-state index in [9.17, 15) is 24.3 Å². The molecule has 5 rings (SSSR count). The minimum atomic E-state index is -1.33. The van der Waals surface area contributed by atoms with E-state index >= 15 is 0 Å². The van der Waals surface area contributed by atoms with Crippen molar-refractivity contribution in [3.8, 4) is 0 Å². The normalized spacial score (nSPS) is 31.9. The zero-order valence-corrected chi connectivity index (χ0v) is 27.1. The number of aliphatic hydroxyl groups excluding tert-OH is 1. The highest BCUT2D eigenvalue weighted by Crippen LogP contribution is 2.58. The summed E-state index contributed by atoms with van der Waals surface area (Å²) in [5.41, 5.74) is -1.16. The van der Waals surface area contributed by atoms with Gasteiger partial charge < -0.3 is 29.7 Å². The highest BCUT2D eigenvalue weighted by Gasteiger charge is 2.74. The number of rotatable bonds is 6. The van der Waals surface area contributed by atoms with E-state index < -0.39 is 53.0 Å². The van der Waals surface area contributed by atoms with Crippen LogP contribution < -0.4 is 5.32 Å². The maximum absolute atomic E-state index is 14.6. The van der Waals surface area contributed by atoms with Crippen molar-refractivity contribution in [2.24, 2.45) is 11.8 Å². The Morgan fingerprint density at radius 3 is 2.50 bits per heavy atom. The predicted octanol–water partition coefficient (Wildman–Crippen LogP) is 3.40. The molecular formula is C33H42BrN3O7. The van der Waals surface area contributed by atoms with Crippen molar-refractivity contribution in [3.05, 3.63) is 58.6 Å². The Labute approximate surface area is 266 Å². The number of benzene rings is 1. The highest BCUT2D eigenvalue weighted by atomic mass is 79.9. The first-order valence-corrected chi connectivity index (χ1v) is 16.2. The number of fused-ring (bicyclic) bond motifs is 2. The molecule has 2 saturated heterocycles. The molecule has 0 unspecified atom stereocenters. The fraction of sp³-hybridized carbons (Fsp3) is 0.576. The van der Waals surface area contributed by atoms with Gasteiger partial charge in [-0.15, -0.1) is 0 Å². The lowest BCUT2D eigenvalue weighted by molar-refractivity contribution is -0.150. The van der Waals surface area contributed by atoms with Gasteiger partial charge in [-0.2, -0.15) is 0 Å². The van der Waals surface area contributed by atoms with Crippen LogP contribution >= 0.6 is 15.9 Å². The maximum atomic E-state index is 14.6. The number of esters is 1. The Balaban J connectivity index is 1.58. The van der Waals surface area contributed by atoms with Crippen molar-refractivity contribution >= 4 is 39.6 Å². The molecule has 0 saturated carbocycles. The van der Waals surface area contributed by atoms with Crippen LogP contribution in [0.2, 0.25) is 0 Å². The van der Waals surface area contributed by atoms with E-state index in [4.69, 9.17) is 9.47 Å². The fourth-order valence-electron chi connectivity index (χ4n) is 6.87. The summed E-state index contributed by atoms with van der Waals surface area (Å²) in [6.07, 6.45) is 7.28. The molecule has 3 amide bonds. The molecule has 1 aromatic carbocycles. The number of allylic oxidation sites excluding steroid dienone is 1. The summed E-state index contributed by atoms with van der Waals surface area (Å²) < 4.78 is 12.8. The smallest absolute Gasteiger partial charge is 0.306 e. The van der Waals surface area contributed by atoms with E-state index in [1.165, 1.54) is 0 Å². The topological polar surface area (TPSA) is 125 Å². The number of ether oxygens (including phenoxy) is 2. The number of unbranched alkanes of at least 4 members (excludes halogenated alkanes) is 2. The van der Waals surface area contributed by atoms with Crippen LogP contribution in [0.25, 0.3) is 0 Å². The molecule has 0 radical (unpaired) electrons. The molecule has 1 spiro atoms. The van der Waals surface area contributed by atoms with E-state index in [0.717, 1.165) is 5.56 Å². The molecular weight excluding hydrogens is 630 g/mol. The lowest BCUT2D eigenvalue weighted by Crippen LogP contribution is -2.59. The van der Waals surface area contributed by atoms with Gasteiger partial charge in [-0.3, -0.25) is 19.2 Å². The van der Waals surface area contributed by atoms with Gasteiger partial charge >= 0.3 is 5.97 Å². The van der Waals surface area contributed by atoms with E-state index in [0.29, 0.717) is 36.7 Å². The highest BCUT2D eigenvalue weighted by molar-refractivity contribution is 9.11. The number of amides is 3. The summed E-state index contributed by atoms with van der Waals surface area (Å²) >= 11 is 3.61. The first kappa shape index (κ1) is 32.4. The number of nitrogens with zero attached hydrogens (tertiary/aromatic N) is 2. The van der Waals surface area contributed by atoms with E-state index in [2.05, 4.69) is 21.2 Å². The quantitative estimate of drug-likeness (QED) is 0.270. The van der Waals surface area contributed by atoms with E-state index in [1.54, 1.807) is 9.80 Å². The molecule has 2 fully saturated rings. The first-order valence-electron chi connectivity index (χ1n) is 15.4. The van der Waals surface area contributed by atoms with Crippen LogP contribution in [0, 0.1) is 11.8 Å². The Bertz CT molecular complexity index is 1330. The third-order valence-electron chi connectivity index (χ3n) is 8.99. The van der Waals surface area contributed by atoms with Gasteiger partial charge in [-0.1, -0.05) is 58.4 Å². The number of carbonyl (C=O) groups is 4. The number of carbonyl (C=O) groups excluding carboxylic acids is 4. The van der Waals surface area contributed by atoms with Crippen molar-refractivity contribution in [2.75, 3.05) is 26.3 Å². The summed E-state index contributed by atoms with van der Waals surface area (Å²) in [6.45, 7) is 6.38. The molecule has 11 heteroatoms. The Kier molecular flexibility index (Phi) is 9.67. The summed E-state index contributed by atoms with van der Waals surface area (Å²) in [5.74, 6) is -3.16. The van der Waals surface area contributed by atoms with Gasteiger partial charge in [0.2, 0.25) is 17.7 Å². The number of hydrogen-bond donors (Lipinski definition) is 2. The SMILES string of the molecule is CC(C)(C)N1C/C=C\CCC(=O)OC[C@H](c2ccccc2)NC(=O)[C@H]2[C@@H]3O[C@@]4(C=C3Br)[C@@H]2C(=O)N(CCCCCO)[C@@H]4C1=O. The predicted molar refractivity (Wildman–Crippen MR) is 166 cm³/mol. The number of cyclic esters (lactones) is 1. The zero-order valence-electron chi connectivity index (χ0n) is 25.5. The monoisotopic (exact) mass is 671 g/mol. The lowest BCUT2D eigenvalue weighted by Gasteiger charge is -2.41. The molecule has 2 N–H and O–H groups in total. The molecule has 6 atom stereocenters. The molecule has 5 bridgehead atoms. The third-order valence-corrected chi connectivity index (χ3v) is 9.67. The average Bonchev–Trinajstić information content (AvgIpc) is 3.57. The van der Waals surface area contributed by atoms with E-state index in [-0.39, 0.29) is 38.0 Å². The Hall–Kier alpha value is -3.02. The Morgan fingerprint density at radius 1 is 1.05 bits per heavy atom. The molecule has 4 aliphatic heterocycles. The molecule has 0 aromatic heterocycles. The number of aliphatic hydroxyl groups is 1. The van der Waals surface area contributed by atoms with Gasteiger partial charge in [0.15, 0.2) is 0 Å². The van der Waals surface area contributed by atoms with Crippen molar-refractivity contribution in [2.45, 2.75) is 82.2 Å². The van der Waals surface area contributed by atoms with Gasteiger partial charge in [0.25, 0.3) is 0 Å². The second kappa shape index (κ2) is 13.1. The van der Waals surface area contributed by atoms with Gasteiger partial charge in [-0.05, 0) is 58.1 Å². The van der Waals surface area contributed by atoms with Crippen LogP contribution in [-0.4, -0.2) is 88.2 Å². The maximum Gasteiger partial charge on any atom is 0.306 e. The number of nitrogens with one attached hydrogen (secondary N) is 1. The van der Waals surface area contributed by atoms with Crippen molar-refractivity contribution in [1.29, 1.82) is 0 Å². The molecule has 10 nitrogen and oxygen atoms in total. The third kappa shape index (κ3) is 6.10. The van der Waals surface area contributed by atoms with Crippen molar-refractivity contribution in [3.63, 3.8) is 0 Å². The number of hydrogen-bond acceptors (Lipinski definition) is 7. The first-order chi connectivity index (χ1) is 21.0. The molecule has 4 aliphatic rings. The average molecular weight is 673 g/mol. The van der Waals surface area contributed by atoms with Gasteiger partial charge in [0, 0.05) is 36.1 Å². The minimum Gasteiger partial charge on any atom is -0.463 e. The fourth-order valence-corrected chi connectivity index (χ4v) is 7.61. The van der Waals surface area contributed by atoms with Crippen LogP contribution in [0.5, 0.6) is 0 Å². The van der Waals surface area contributed by atoms with E-state index in [1.807, 2.05) is 69.3 Å². The second-order valence-corrected chi connectivity index (χ2v) is 13.8. The van der Waals surface area contributed by atoms with Crippen molar-refractivity contribution in [1.82, 2.24) is 15.1 Å². The molecule has 0 aliphatic carbocycles. The summed E-state index contributed by atoms with van der Waals surface area (Å²) in [4.78, 5) is 59.1. The standard InChI is InChI=1S/C33H42BrN3O7/c1-32(2,3)37-17-11-5-9-15-24(39)43-20-23(21-13-7-4-8-14-21)35-29(40)25-26-30(41)36(16-10-6-12-18-38)28(31(37)42)33(26)19-22(34)27(25)44-33/h4-5,7-8,11,13-14,19,23,25-28,38H,6,9-10,12,15-18,20H2,1-3H3,(H,35,40)/b11-5-/t23-,25-,26+,27-,28-,33+/m1/s1. The lowest BCUT2D eigenvalue weighted by atomic mass is 9.73. The van der Waals surface area contributed by atoms with Crippen LogP contribution in [-0.2, 0) is 28.7 Å². The molecule has 4 heterocycles. The van der Waals surface area contributed by atoms with Crippen LogP contribution in [0.1, 0.15) is 64.5 Å². The second-order valence-electron chi connectivity index (χ2n) is 12.9. The van der Waals surface area contributed by atoms with Gasteiger partial charge in [0.05, 0.1) is 17.9 Å². The Morgan fingerprint density at radius 2 is 1.80 bits per heavy atom. The zero-order chi connectivity index (χ0) is 31.6. The molecule has 1 aromatic rings. The van der Waals surface area contributed by atoms with Crippen LogP contribution in [0.3, 0.4) is 0 Å². The van der Waals surface area contributed by atoms with Crippen LogP contribution in [0.15, 0.2) is 53.0 Å². The van der Waals surface area contributed by atoms with Gasteiger partial charge in [0.1, 0.15) is 24.4 Å². The minimum absolute atomic E-state index is 0.0492. The molecule has 238 valence electrons. The summed E-state index contributed by atoms with van der Waals surface area (Å²) in [5, 5.41) is 12.4. The van der Waals surface area contributed by atoms with Crippen LogP contribution in [0.4, 0.5) is 0 Å². The largest absolute Gasteiger partial charge is 0.463 e. The summed E-state index contributed by atoms with van der Waals surface area (Å²) in [6, 6.07) is 7.64. The van der Waals surface area contributed by atoms with Crippen molar-refractivity contribution < 1.29 is 33.8 Å².